The number of amides is 1. The Balaban J connectivity index is 3.20. The number of carbonyl (C=O) groups excluding carboxylic acids is 3. The Kier molecular flexibility index (Phi) is 24.9. The van der Waals surface area contributed by atoms with E-state index in [2.05, 4.69) is 5.32 Å². The highest BCUT2D eigenvalue weighted by atomic mass is 16.6. The van der Waals surface area contributed by atoms with Crippen molar-refractivity contribution in [1.29, 1.82) is 0 Å². The van der Waals surface area contributed by atoms with Gasteiger partial charge in [0.2, 0.25) is 5.78 Å². The quantitative estimate of drug-likeness (QED) is 0.0726. The molecule has 15 nitrogen and oxygen atoms in total. The molecule has 41 heavy (non-hydrogen) atoms. The SMILES string of the molecule is CC(C)(C)OC(=O)NCCOCCOCCOCCOCCOCCOCCOCCOC(=O)CCC(=O)C(=O)O. The summed E-state index contributed by atoms with van der Waals surface area (Å²) in [6.45, 7) is 11.3. The number of hydrogen-bond acceptors (Lipinski definition) is 13. The molecular formula is C26H47NO14. The minimum atomic E-state index is -1.57. The summed E-state index contributed by atoms with van der Waals surface area (Å²) in [7, 11) is 0. The Morgan fingerprint density at radius 2 is 0.927 bits per heavy atom. The molecule has 0 rings (SSSR count). The Morgan fingerprint density at radius 3 is 1.29 bits per heavy atom. The van der Waals surface area contributed by atoms with Gasteiger partial charge in [-0.15, -0.1) is 0 Å². The summed E-state index contributed by atoms with van der Waals surface area (Å²) in [4.78, 5) is 44.0. The molecule has 0 saturated heterocycles. The van der Waals surface area contributed by atoms with Crippen molar-refractivity contribution in [2.24, 2.45) is 0 Å². The number of aliphatic carboxylic acids is 1. The number of ether oxygens (including phenoxy) is 9. The summed E-state index contributed by atoms with van der Waals surface area (Å²) in [6.07, 6.45) is -1.13. The van der Waals surface area contributed by atoms with Gasteiger partial charge in [-0.2, -0.15) is 0 Å². The van der Waals surface area contributed by atoms with Crippen molar-refractivity contribution in [3.05, 3.63) is 0 Å². The van der Waals surface area contributed by atoms with Crippen LogP contribution in [0.25, 0.3) is 0 Å². The van der Waals surface area contributed by atoms with Crippen molar-refractivity contribution in [3.63, 3.8) is 0 Å². The maximum absolute atomic E-state index is 11.5. The average molecular weight is 598 g/mol. The van der Waals surface area contributed by atoms with Gasteiger partial charge in [0.25, 0.3) is 0 Å². The van der Waals surface area contributed by atoms with E-state index in [1.807, 2.05) is 0 Å². The van der Waals surface area contributed by atoms with Crippen molar-refractivity contribution in [3.8, 4) is 0 Å². The molecular weight excluding hydrogens is 550 g/mol. The van der Waals surface area contributed by atoms with E-state index >= 15 is 0 Å². The maximum atomic E-state index is 11.5. The largest absolute Gasteiger partial charge is 0.476 e. The van der Waals surface area contributed by atoms with Gasteiger partial charge in [0, 0.05) is 13.0 Å². The van der Waals surface area contributed by atoms with E-state index in [-0.39, 0.29) is 26.1 Å². The minimum absolute atomic E-state index is 0.0106. The fourth-order valence-electron chi connectivity index (χ4n) is 2.57. The Morgan fingerprint density at radius 1 is 0.561 bits per heavy atom. The van der Waals surface area contributed by atoms with Crippen LogP contribution in [0.4, 0.5) is 4.79 Å². The number of esters is 1. The molecule has 0 aromatic rings. The Hall–Kier alpha value is -2.40. The number of nitrogens with one attached hydrogen (secondary N) is 1. The van der Waals surface area contributed by atoms with Crippen LogP contribution in [0.15, 0.2) is 0 Å². The molecule has 0 aliphatic rings. The zero-order chi connectivity index (χ0) is 30.6. The number of Topliss-reactive ketones (excluding diaryl/α,β-unsaturated/α-hetero) is 1. The average Bonchev–Trinajstić information content (AvgIpc) is 2.90. The number of carboxylic acids is 1. The number of carboxylic acid groups (broad SMARTS) is 1. The van der Waals surface area contributed by atoms with Crippen LogP contribution in [0.2, 0.25) is 0 Å². The highest BCUT2D eigenvalue weighted by molar-refractivity contribution is 6.32. The topological polar surface area (TPSA) is 184 Å². The number of hydrogen-bond donors (Lipinski definition) is 2. The standard InChI is InChI=1S/C26H47NO14/c1-26(2,3)41-25(32)27-6-7-33-8-9-34-10-11-35-12-13-36-14-15-37-16-17-38-18-19-39-20-21-40-23(29)5-4-22(28)24(30)31/h4-21H2,1-3H3,(H,27,32)(H,30,31). The van der Waals surface area contributed by atoms with Crippen LogP contribution >= 0.6 is 0 Å². The summed E-state index contributed by atoms with van der Waals surface area (Å²) in [5, 5.41) is 11.0. The lowest BCUT2D eigenvalue weighted by atomic mass is 10.2. The van der Waals surface area contributed by atoms with Crippen molar-refractivity contribution >= 4 is 23.8 Å². The third kappa shape index (κ3) is 30.4. The summed E-state index contributed by atoms with van der Waals surface area (Å²) >= 11 is 0. The molecule has 0 aliphatic heterocycles. The van der Waals surface area contributed by atoms with Gasteiger partial charge in [-0.05, 0) is 20.8 Å². The van der Waals surface area contributed by atoms with E-state index < -0.39 is 29.4 Å². The van der Waals surface area contributed by atoms with Gasteiger partial charge in [-0.3, -0.25) is 9.59 Å². The van der Waals surface area contributed by atoms with Gasteiger partial charge in [0.1, 0.15) is 12.2 Å². The molecule has 0 saturated carbocycles. The van der Waals surface area contributed by atoms with E-state index in [1.54, 1.807) is 20.8 Å². The normalized spacial score (nSPS) is 11.3. The van der Waals surface area contributed by atoms with Gasteiger partial charge in [-0.25, -0.2) is 9.59 Å². The molecule has 0 heterocycles. The second-order valence-electron chi connectivity index (χ2n) is 9.16. The predicted molar refractivity (Wildman–Crippen MR) is 143 cm³/mol. The molecule has 15 heteroatoms. The number of carbonyl (C=O) groups is 4. The van der Waals surface area contributed by atoms with Crippen LogP contribution < -0.4 is 5.32 Å². The lowest BCUT2D eigenvalue weighted by molar-refractivity contribution is -0.151. The van der Waals surface area contributed by atoms with E-state index in [0.717, 1.165) is 0 Å². The molecule has 0 atom stereocenters. The van der Waals surface area contributed by atoms with Gasteiger partial charge in [-0.1, -0.05) is 0 Å². The fraction of sp³-hybridized carbons (Fsp3) is 0.846. The molecule has 0 aromatic carbocycles. The van der Waals surface area contributed by atoms with Crippen molar-refractivity contribution in [2.75, 3.05) is 106 Å². The second-order valence-corrected chi connectivity index (χ2v) is 9.16. The lowest BCUT2D eigenvalue weighted by Gasteiger charge is -2.19. The number of ketones is 1. The van der Waals surface area contributed by atoms with E-state index in [9.17, 15) is 19.2 Å². The van der Waals surface area contributed by atoms with E-state index in [4.69, 9.17) is 47.7 Å². The first-order chi connectivity index (χ1) is 19.6. The van der Waals surface area contributed by atoms with Crippen molar-refractivity contribution in [1.82, 2.24) is 5.32 Å². The molecule has 0 bridgehead atoms. The van der Waals surface area contributed by atoms with Crippen molar-refractivity contribution in [2.45, 2.75) is 39.2 Å². The smallest absolute Gasteiger partial charge is 0.407 e. The minimum Gasteiger partial charge on any atom is -0.476 e. The lowest BCUT2D eigenvalue weighted by Crippen LogP contribution is -2.34. The summed E-state index contributed by atoms with van der Waals surface area (Å²) in [5.41, 5.74) is -0.524. The maximum Gasteiger partial charge on any atom is 0.407 e. The highest BCUT2D eigenvalue weighted by Gasteiger charge is 2.15. The van der Waals surface area contributed by atoms with Crippen LogP contribution in [0.1, 0.15) is 33.6 Å². The molecule has 0 radical (unpaired) electrons. The number of rotatable bonds is 28. The fourth-order valence-corrected chi connectivity index (χ4v) is 2.57. The van der Waals surface area contributed by atoms with Crippen molar-refractivity contribution < 1.29 is 66.9 Å². The predicted octanol–water partition coefficient (Wildman–Crippen LogP) is 0.604. The molecule has 2 N–H and O–H groups in total. The monoisotopic (exact) mass is 597 g/mol. The zero-order valence-corrected chi connectivity index (χ0v) is 24.5. The van der Waals surface area contributed by atoms with Crippen LogP contribution in [0, 0.1) is 0 Å². The third-order valence-corrected chi connectivity index (χ3v) is 4.43. The van der Waals surface area contributed by atoms with Crippen LogP contribution in [0.3, 0.4) is 0 Å². The van der Waals surface area contributed by atoms with Crippen LogP contribution in [0.5, 0.6) is 0 Å². The highest BCUT2D eigenvalue weighted by Crippen LogP contribution is 2.06. The Bertz CT molecular complexity index is 698. The molecule has 0 aromatic heterocycles. The number of alkyl carbamates (subject to hydrolysis) is 1. The first-order valence-corrected chi connectivity index (χ1v) is 13.5. The summed E-state index contributed by atoms with van der Waals surface area (Å²) < 4.78 is 47.5. The molecule has 0 spiro atoms. The Labute approximate surface area is 241 Å². The van der Waals surface area contributed by atoms with Crippen LogP contribution in [-0.4, -0.2) is 140 Å². The van der Waals surface area contributed by atoms with E-state index in [0.29, 0.717) is 92.4 Å². The first-order valence-electron chi connectivity index (χ1n) is 13.5. The van der Waals surface area contributed by atoms with Gasteiger partial charge in [0.15, 0.2) is 0 Å². The van der Waals surface area contributed by atoms with Gasteiger partial charge >= 0.3 is 18.0 Å². The first kappa shape index (κ1) is 38.6. The zero-order valence-electron chi connectivity index (χ0n) is 24.5. The summed E-state index contributed by atoms with van der Waals surface area (Å²) in [6, 6.07) is 0. The molecule has 1 amide bonds. The van der Waals surface area contributed by atoms with Gasteiger partial charge in [0.05, 0.1) is 98.9 Å². The van der Waals surface area contributed by atoms with E-state index in [1.165, 1.54) is 0 Å². The summed E-state index contributed by atoms with van der Waals surface area (Å²) in [5.74, 6) is -3.25. The molecule has 0 aliphatic carbocycles. The molecule has 0 fully saturated rings. The third-order valence-electron chi connectivity index (χ3n) is 4.43. The van der Waals surface area contributed by atoms with Crippen LogP contribution in [-0.2, 0) is 57.0 Å². The van der Waals surface area contributed by atoms with Gasteiger partial charge < -0.3 is 53.1 Å². The molecule has 240 valence electrons. The molecule has 0 unspecified atom stereocenters. The second kappa shape index (κ2) is 26.5.